The van der Waals surface area contributed by atoms with E-state index in [2.05, 4.69) is 20.3 Å². The highest BCUT2D eigenvalue weighted by Gasteiger charge is 2.22. The third-order valence-electron chi connectivity index (χ3n) is 5.87. The minimum Gasteiger partial charge on any atom is -0.483 e. The molecule has 8 nitrogen and oxygen atoms in total. The van der Waals surface area contributed by atoms with E-state index in [4.69, 9.17) is 9.26 Å². The van der Waals surface area contributed by atoms with E-state index in [0.29, 0.717) is 18.1 Å². The molecule has 1 aliphatic rings. The number of aryl methyl sites for hydroxylation is 1. The Balaban J connectivity index is 1.24. The van der Waals surface area contributed by atoms with Gasteiger partial charge in [0.1, 0.15) is 17.9 Å². The number of rotatable bonds is 6. The lowest BCUT2D eigenvalue weighted by Gasteiger charge is -2.15. The fourth-order valence-corrected chi connectivity index (χ4v) is 4.17. The Hall–Kier alpha value is -3.68. The van der Waals surface area contributed by atoms with E-state index in [1.807, 2.05) is 30.3 Å². The molecule has 1 amide bonds. The molecule has 0 spiro atoms. The lowest BCUT2D eigenvalue weighted by molar-refractivity contribution is 0.0772. The number of ether oxygens (including phenoxy) is 1. The molecule has 1 N–H and O–H groups in total. The minimum absolute atomic E-state index is 0.159. The number of nitrogens with one attached hydrogen (secondary N) is 1. The fourth-order valence-electron chi connectivity index (χ4n) is 4.17. The first-order valence-corrected chi connectivity index (χ1v) is 10.9. The van der Waals surface area contributed by atoms with Gasteiger partial charge in [0.2, 0.25) is 0 Å². The van der Waals surface area contributed by atoms with E-state index in [9.17, 15) is 4.79 Å². The highest BCUT2D eigenvalue weighted by Crippen LogP contribution is 2.25. The second kappa shape index (κ2) is 8.82. The van der Waals surface area contributed by atoms with Crippen LogP contribution in [0.1, 0.15) is 52.5 Å². The summed E-state index contributed by atoms with van der Waals surface area (Å²) in [5.74, 6) is 0.921. The number of amides is 1. The number of benzene rings is 1. The maximum atomic E-state index is 12.9. The minimum atomic E-state index is -0.211. The van der Waals surface area contributed by atoms with Crippen LogP contribution in [0.3, 0.4) is 0 Å². The second-order valence-corrected chi connectivity index (χ2v) is 8.15. The van der Waals surface area contributed by atoms with Gasteiger partial charge in [0.15, 0.2) is 11.5 Å². The molecule has 0 radical (unpaired) electrons. The van der Waals surface area contributed by atoms with Gasteiger partial charge < -0.3 is 14.2 Å². The number of hydrogen-bond acceptors (Lipinski definition) is 6. The van der Waals surface area contributed by atoms with Gasteiger partial charge in [-0.1, -0.05) is 29.8 Å². The number of carbonyl (C=O) groups is 1. The number of aromatic amines is 1. The van der Waals surface area contributed by atoms with Gasteiger partial charge in [0, 0.05) is 30.4 Å². The molecular weight excluding hydrogens is 406 g/mol. The van der Waals surface area contributed by atoms with Crippen molar-refractivity contribution in [2.24, 2.45) is 0 Å². The molecule has 1 aromatic carbocycles. The highest BCUT2D eigenvalue weighted by atomic mass is 16.5. The van der Waals surface area contributed by atoms with Crippen LogP contribution in [0, 0.1) is 0 Å². The van der Waals surface area contributed by atoms with Crippen LogP contribution in [0.4, 0.5) is 0 Å². The molecule has 0 saturated carbocycles. The molecule has 0 atom stereocenters. The Labute approximate surface area is 185 Å². The van der Waals surface area contributed by atoms with E-state index < -0.39 is 0 Å². The average molecular weight is 431 g/mol. The summed E-state index contributed by atoms with van der Waals surface area (Å²) in [5.41, 5.74) is 4.45. The molecule has 5 rings (SSSR count). The van der Waals surface area contributed by atoms with E-state index in [1.165, 1.54) is 24.1 Å². The van der Waals surface area contributed by atoms with Gasteiger partial charge in [-0.25, -0.2) is 0 Å². The number of nitrogens with zero attached hydrogens (tertiary/aromatic N) is 4. The van der Waals surface area contributed by atoms with Crippen LogP contribution in [0.15, 0.2) is 47.1 Å². The fraction of sp³-hybridized carbons (Fsp3) is 0.333. The zero-order valence-corrected chi connectivity index (χ0v) is 18.0. The summed E-state index contributed by atoms with van der Waals surface area (Å²) in [6, 6.07) is 11.3. The van der Waals surface area contributed by atoms with Crippen LogP contribution in [0.5, 0.6) is 5.75 Å². The number of fused-ring (bicyclic) bond motifs is 2. The van der Waals surface area contributed by atoms with Crippen molar-refractivity contribution >= 4 is 16.8 Å². The second-order valence-electron chi connectivity index (χ2n) is 8.15. The van der Waals surface area contributed by atoms with Gasteiger partial charge in [-0.05, 0) is 43.4 Å². The zero-order chi connectivity index (χ0) is 21.9. The molecule has 4 aromatic rings. The molecule has 3 aromatic heterocycles. The van der Waals surface area contributed by atoms with Crippen molar-refractivity contribution < 1.29 is 14.1 Å². The van der Waals surface area contributed by atoms with Crippen LogP contribution in [-0.4, -0.2) is 38.2 Å². The highest BCUT2D eigenvalue weighted by molar-refractivity contribution is 5.92. The summed E-state index contributed by atoms with van der Waals surface area (Å²) in [5, 5.41) is 12.6. The number of aromatic nitrogens is 4. The number of hydrogen-bond donors (Lipinski definition) is 1. The third kappa shape index (κ3) is 4.08. The van der Waals surface area contributed by atoms with E-state index in [-0.39, 0.29) is 18.2 Å². The Morgan fingerprint density at radius 2 is 2.06 bits per heavy atom. The summed E-state index contributed by atoms with van der Waals surface area (Å²) in [4.78, 5) is 18.9. The molecule has 0 aliphatic heterocycles. The predicted molar refractivity (Wildman–Crippen MR) is 118 cm³/mol. The summed E-state index contributed by atoms with van der Waals surface area (Å²) in [7, 11) is 1.76. The maximum Gasteiger partial charge on any atom is 0.276 e. The molecular formula is C24H25N5O3. The molecule has 164 valence electrons. The number of H-pyrrole nitrogens is 1. The number of para-hydroxylation sites is 1. The van der Waals surface area contributed by atoms with Gasteiger partial charge in [-0.15, -0.1) is 0 Å². The van der Waals surface area contributed by atoms with Crippen LogP contribution in [-0.2, 0) is 26.0 Å². The van der Waals surface area contributed by atoms with E-state index in [1.54, 1.807) is 24.2 Å². The molecule has 0 unspecified atom stereocenters. The summed E-state index contributed by atoms with van der Waals surface area (Å²) in [6.45, 7) is 0.595. The molecule has 32 heavy (non-hydrogen) atoms. The molecule has 0 bridgehead atoms. The smallest absolute Gasteiger partial charge is 0.276 e. The molecule has 1 aliphatic carbocycles. The van der Waals surface area contributed by atoms with Crippen LogP contribution in [0.25, 0.3) is 10.9 Å². The average Bonchev–Trinajstić information content (AvgIpc) is 3.37. The summed E-state index contributed by atoms with van der Waals surface area (Å²) >= 11 is 0. The van der Waals surface area contributed by atoms with Crippen molar-refractivity contribution in [2.45, 2.75) is 45.3 Å². The van der Waals surface area contributed by atoms with Crippen molar-refractivity contribution in [2.75, 3.05) is 7.05 Å². The van der Waals surface area contributed by atoms with Crippen molar-refractivity contribution in [1.82, 2.24) is 25.2 Å². The Morgan fingerprint density at radius 3 is 3.00 bits per heavy atom. The Kier molecular flexibility index (Phi) is 5.58. The normalized spacial score (nSPS) is 13.5. The van der Waals surface area contributed by atoms with Gasteiger partial charge in [0.05, 0.1) is 12.2 Å². The van der Waals surface area contributed by atoms with Gasteiger partial charge >= 0.3 is 0 Å². The van der Waals surface area contributed by atoms with Crippen molar-refractivity contribution in [3.8, 4) is 5.75 Å². The number of carbonyl (C=O) groups excluding carboxylic acids is 1. The van der Waals surface area contributed by atoms with Crippen LogP contribution >= 0.6 is 0 Å². The topological polar surface area (TPSA) is 97.1 Å². The summed E-state index contributed by atoms with van der Waals surface area (Å²) in [6.07, 6.45) is 7.35. The zero-order valence-electron chi connectivity index (χ0n) is 18.0. The lowest BCUT2D eigenvalue weighted by atomic mass is 10.1. The molecule has 8 heteroatoms. The monoisotopic (exact) mass is 431 g/mol. The largest absolute Gasteiger partial charge is 0.483 e. The molecule has 0 saturated heterocycles. The van der Waals surface area contributed by atoms with Crippen molar-refractivity contribution in [3.05, 3.63) is 71.0 Å². The lowest BCUT2D eigenvalue weighted by Crippen LogP contribution is -2.27. The number of pyridine rings is 1. The van der Waals surface area contributed by atoms with Crippen molar-refractivity contribution in [1.29, 1.82) is 0 Å². The first-order chi connectivity index (χ1) is 15.7. The Morgan fingerprint density at radius 1 is 1.19 bits per heavy atom. The standard InChI is InChI=1S/C24H25N5O3/c1-29(14-21-18-9-3-2-4-10-19(18)26-27-21)24(30)20-13-17(32-28-20)15-31-22-11-5-7-16-8-6-12-25-23(16)22/h5-8,11-13H,2-4,9-10,14-15H2,1H3,(H,26,27). The van der Waals surface area contributed by atoms with E-state index >= 15 is 0 Å². The van der Waals surface area contributed by atoms with Crippen LogP contribution in [0.2, 0.25) is 0 Å². The third-order valence-corrected chi connectivity index (χ3v) is 5.87. The molecule has 0 fully saturated rings. The quantitative estimate of drug-likeness (QED) is 0.462. The van der Waals surface area contributed by atoms with Gasteiger partial charge in [0.25, 0.3) is 5.91 Å². The molecule has 3 heterocycles. The van der Waals surface area contributed by atoms with Gasteiger partial charge in [-0.2, -0.15) is 5.10 Å². The first-order valence-electron chi connectivity index (χ1n) is 10.9. The SMILES string of the molecule is CN(Cc1n[nH]c2c1CCCCC2)C(=O)c1cc(COc2cccc3cccnc23)on1. The maximum absolute atomic E-state index is 12.9. The predicted octanol–water partition coefficient (Wildman–Crippen LogP) is 4.07. The Bertz CT molecular complexity index is 1240. The van der Waals surface area contributed by atoms with E-state index in [0.717, 1.165) is 35.9 Å². The van der Waals surface area contributed by atoms with Gasteiger partial charge in [-0.3, -0.25) is 14.9 Å². The first kappa shape index (κ1) is 20.2. The van der Waals surface area contributed by atoms with Crippen molar-refractivity contribution in [3.63, 3.8) is 0 Å². The summed E-state index contributed by atoms with van der Waals surface area (Å²) < 4.78 is 11.2. The van der Waals surface area contributed by atoms with Crippen LogP contribution < -0.4 is 4.74 Å².